The maximum absolute atomic E-state index is 12.1. The predicted molar refractivity (Wildman–Crippen MR) is 73.3 cm³/mol. The van der Waals surface area contributed by atoms with Crippen molar-refractivity contribution in [3.8, 4) is 0 Å². The van der Waals surface area contributed by atoms with Crippen molar-refractivity contribution in [1.29, 1.82) is 0 Å². The summed E-state index contributed by atoms with van der Waals surface area (Å²) < 4.78 is 12.9. The maximum Gasteiger partial charge on any atom is 0.365 e. The second kappa shape index (κ2) is 5.73. The van der Waals surface area contributed by atoms with Crippen LogP contribution in [0.5, 0.6) is 0 Å². The highest BCUT2D eigenvalue weighted by molar-refractivity contribution is 9.10. The topological polar surface area (TPSA) is 67.3 Å². The van der Waals surface area contributed by atoms with Gasteiger partial charge in [-0.15, -0.1) is 11.3 Å². The standard InChI is InChI=1S/C11H8BrNO3S2/c12-8-3-1-2-4-9(8)18(16)6-7-5-17-10(13-7)11(14)15/h1-5H,6H2,(H,14,15). The molecule has 0 saturated heterocycles. The molecular formula is C11H8BrNO3S2. The van der Waals surface area contributed by atoms with Gasteiger partial charge in [-0.2, -0.15) is 0 Å². The van der Waals surface area contributed by atoms with Gasteiger partial charge in [0.15, 0.2) is 0 Å². The first-order chi connectivity index (χ1) is 8.58. The van der Waals surface area contributed by atoms with E-state index in [2.05, 4.69) is 20.9 Å². The molecule has 0 aliphatic rings. The molecule has 1 unspecified atom stereocenters. The Bertz CT molecular complexity index is 612. The Labute approximate surface area is 118 Å². The largest absolute Gasteiger partial charge is 0.476 e. The predicted octanol–water partition coefficient (Wildman–Crippen LogP) is 2.91. The van der Waals surface area contributed by atoms with Gasteiger partial charge in [-0.3, -0.25) is 4.21 Å². The van der Waals surface area contributed by atoms with E-state index in [0.717, 1.165) is 15.8 Å². The van der Waals surface area contributed by atoms with Crippen molar-refractivity contribution in [3.05, 3.63) is 44.8 Å². The Kier molecular flexibility index (Phi) is 4.26. The third kappa shape index (κ3) is 3.04. The number of hydrogen-bond donors (Lipinski definition) is 1. The fourth-order valence-electron chi connectivity index (χ4n) is 1.31. The Hall–Kier alpha value is -1.05. The normalized spacial score (nSPS) is 12.3. The van der Waals surface area contributed by atoms with Gasteiger partial charge < -0.3 is 5.11 Å². The van der Waals surface area contributed by atoms with Gasteiger partial charge in [0.05, 0.1) is 27.1 Å². The zero-order valence-corrected chi connectivity index (χ0v) is 12.2. The number of carbonyl (C=O) groups is 1. The fourth-order valence-corrected chi connectivity index (χ4v) is 3.99. The minimum atomic E-state index is -1.24. The summed E-state index contributed by atoms with van der Waals surface area (Å²) in [6.07, 6.45) is 0. The van der Waals surface area contributed by atoms with Crippen LogP contribution in [0, 0.1) is 0 Å². The number of rotatable bonds is 4. The summed E-state index contributed by atoms with van der Waals surface area (Å²) in [4.78, 5) is 15.3. The molecule has 1 aromatic carbocycles. The van der Waals surface area contributed by atoms with Crippen LogP contribution >= 0.6 is 27.3 Å². The smallest absolute Gasteiger partial charge is 0.365 e. The molecular weight excluding hydrogens is 338 g/mol. The first kappa shape index (κ1) is 13.4. The summed E-state index contributed by atoms with van der Waals surface area (Å²) in [5, 5.41) is 10.4. The lowest BCUT2D eigenvalue weighted by molar-refractivity contribution is 0.0696. The molecule has 1 N–H and O–H groups in total. The zero-order valence-electron chi connectivity index (χ0n) is 9.00. The van der Waals surface area contributed by atoms with Crippen LogP contribution in [0.2, 0.25) is 0 Å². The second-order valence-electron chi connectivity index (χ2n) is 3.37. The Morgan fingerprint density at radius 1 is 1.44 bits per heavy atom. The van der Waals surface area contributed by atoms with Crippen LogP contribution < -0.4 is 0 Å². The molecule has 0 spiro atoms. The minimum Gasteiger partial charge on any atom is -0.476 e. The number of benzene rings is 1. The molecule has 1 aromatic heterocycles. The van der Waals surface area contributed by atoms with E-state index in [1.165, 1.54) is 0 Å². The summed E-state index contributed by atoms with van der Waals surface area (Å²) in [6, 6.07) is 7.24. The van der Waals surface area contributed by atoms with E-state index in [1.807, 2.05) is 18.2 Å². The minimum absolute atomic E-state index is 0.0223. The lowest BCUT2D eigenvalue weighted by atomic mass is 10.4. The lowest BCUT2D eigenvalue weighted by Gasteiger charge is -2.02. The molecule has 2 rings (SSSR count). The Balaban J connectivity index is 2.16. The van der Waals surface area contributed by atoms with Gasteiger partial charge in [0.1, 0.15) is 0 Å². The molecule has 4 nitrogen and oxygen atoms in total. The van der Waals surface area contributed by atoms with Crippen LogP contribution in [0.15, 0.2) is 39.0 Å². The first-order valence-electron chi connectivity index (χ1n) is 4.88. The van der Waals surface area contributed by atoms with Crippen LogP contribution in [0.3, 0.4) is 0 Å². The molecule has 1 heterocycles. The number of aromatic nitrogens is 1. The van der Waals surface area contributed by atoms with Crippen LogP contribution in [0.4, 0.5) is 0 Å². The number of nitrogens with zero attached hydrogens (tertiary/aromatic N) is 1. The third-order valence-corrected chi connectivity index (χ3v) is 5.33. The van der Waals surface area contributed by atoms with E-state index < -0.39 is 16.8 Å². The maximum atomic E-state index is 12.1. The molecule has 2 aromatic rings. The molecule has 0 amide bonds. The summed E-state index contributed by atoms with van der Waals surface area (Å²) in [5.74, 6) is -0.843. The quantitative estimate of drug-likeness (QED) is 0.924. The average Bonchev–Trinajstić information content (AvgIpc) is 2.78. The summed E-state index contributed by atoms with van der Waals surface area (Å²) >= 11 is 4.38. The highest BCUT2D eigenvalue weighted by Gasteiger charge is 2.13. The van der Waals surface area contributed by atoms with Crippen molar-refractivity contribution in [2.75, 3.05) is 0 Å². The molecule has 1 atom stereocenters. The van der Waals surface area contributed by atoms with E-state index in [0.29, 0.717) is 10.6 Å². The summed E-state index contributed by atoms with van der Waals surface area (Å²) in [6.45, 7) is 0. The molecule has 0 saturated carbocycles. The highest BCUT2D eigenvalue weighted by atomic mass is 79.9. The lowest BCUT2D eigenvalue weighted by Crippen LogP contribution is -2.00. The van der Waals surface area contributed by atoms with Gasteiger partial charge in [0.25, 0.3) is 0 Å². The number of carboxylic acid groups (broad SMARTS) is 1. The second-order valence-corrected chi connectivity index (χ2v) is 6.50. The van der Waals surface area contributed by atoms with Crippen molar-refractivity contribution in [1.82, 2.24) is 4.98 Å². The van der Waals surface area contributed by atoms with E-state index in [4.69, 9.17) is 5.11 Å². The third-order valence-electron chi connectivity index (χ3n) is 2.10. The molecule has 0 aliphatic heterocycles. The van der Waals surface area contributed by atoms with Gasteiger partial charge in [0.2, 0.25) is 5.01 Å². The molecule has 7 heteroatoms. The van der Waals surface area contributed by atoms with Crippen molar-refractivity contribution in [3.63, 3.8) is 0 Å². The number of carboxylic acids is 1. The van der Waals surface area contributed by atoms with Crippen molar-refractivity contribution in [2.45, 2.75) is 10.6 Å². The van der Waals surface area contributed by atoms with Crippen molar-refractivity contribution >= 4 is 44.0 Å². The molecule has 18 heavy (non-hydrogen) atoms. The Morgan fingerprint density at radius 3 is 2.78 bits per heavy atom. The molecule has 0 radical (unpaired) electrons. The SMILES string of the molecule is O=C(O)c1nc(CS(=O)c2ccccc2Br)cs1. The van der Waals surface area contributed by atoms with Crippen molar-refractivity contribution in [2.24, 2.45) is 0 Å². The van der Waals surface area contributed by atoms with E-state index in [9.17, 15) is 9.00 Å². The fraction of sp³-hybridized carbons (Fsp3) is 0.0909. The van der Waals surface area contributed by atoms with Gasteiger partial charge in [-0.1, -0.05) is 12.1 Å². The molecule has 0 aliphatic carbocycles. The summed E-state index contributed by atoms with van der Waals surface area (Å²) in [5.41, 5.74) is 0.534. The molecule has 0 bridgehead atoms. The van der Waals surface area contributed by atoms with E-state index >= 15 is 0 Å². The molecule has 0 fully saturated rings. The number of hydrogen-bond acceptors (Lipinski definition) is 4. The Morgan fingerprint density at radius 2 is 2.17 bits per heavy atom. The summed E-state index contributed by atoms with van der Waals surface area (Å²) in [7, 11) is -1.24. The number of thiazole rings is 1. The molecule has 94 valence electrons. The van der Waals surface area contributed by atoms with Crippen LogP contribution in [-0.4, -0.2) is 20.3 Å². The average molecular weight is 346 g/mol. The monoisotopic (exact) mass is 345 g/mol. The van der Waals surface area contributed by atoms with E-state index in [1.54, 1.807) is 11.4 Å². The van der Waals surface area contributed by atoms with Gasteiger partial charge in [-0.05, 0) is 28.1 Å². The van der Waals surface area contributed by atoms with Crippen LogP contribution in [0.25, 0.3) is 0 Å². The van der Waals surface area contributed by atoms with Crippen LogP contribution in [-0.2, 0) is 16.6 Å². The highest BCUT2D eigenvalue weighted by Crippen LogP contribution is 2.22. The van der Waals surface area contributed by atoms with Gasteiger partial charge in [0, 0.05) is 9.85 Å². The van der Waals surface area contributed by atoms with Gasteiger partial charge >= 0.3 is 5.97 Å². The zero-order chi connectivity index (χ0) is 13.1. The number of aromatic carboxylic acids is 1. The van der Waals surface area contributed by atoms with Gasteiger partial charge in [-0.25, -0.2) is 9.78 Å². The number of halogens is 1. The van der Waals surface area contributed by atoms with E-state index in [-0.39, 0.29) is 10.8 Å². The van der Waals surface area contributed by atoms with Crippen molar-refractivity contribution < 1.29 is 14.1 Å². The van der Waals surface area contributed by atoms with Crippen LogP contribution in [0.1, 0.15) is 15.5 Å². The first-order valence-corrected chi connectivity index (χ1v) is 7.87.